The smallest absolute Gasteiger partial charge is 0.214 e. The zero-order valence-corrected chi connectivity index (χ0v) is 10.3. The second-order valence-corrected chi connectivity index (χ2v) is 6.21. The number of rotatable bonds is 5. The summed E-state index contributed by atoms with van der Waals surface area (Å²) in [6.45, 7) is 3.93. The molecule has 0 saturated carbocycles. The normalized spacial score (nSPS) is 28.5. The summed E-state index contributed by atoms with van der Waals surface area (Å²) in [4.78, 5) is 0. The highest BCUT2D eigenvalue weighted by Gasteiger charge is 2.37. The zero-order chi connectivity index (χ0) is 11.5. The summed E-state index contributed by atoms with van der Waals surface area (Å²) in [5.41, 5.74) is 0. The molecule has 4 nitrogen and oxygen atoms in total. The quantitative estimate of drug-likeness (QED) is 0.772. The van der Waals surface area contributed by atoms with Gasteiger partial charge in [-0.3, -0.25) is 0 Å². The van der Waals surface area contributed by atoms with Gasteiger partial charge in [0.25, 0.3) is 0 Å². The average molecular weight is 235 g/mol. The number of nitrogens with zero attached hydrogens (tertiary/aromatic N) is 1. The van der Waals surface area contributed by atoms with Gasteiger partial charge in [0.15, 0.2) is 0 Å². The van der Waals surface area contributed by atoms with Gasteiger partial charge in [-0.25, -0.2) is 8.42 Å². The first kappa shape index (κ1) is 12.9. The molecule has 0 amide bonds. The van der Waals surface area contributed by atoms with Crippen molar-refractivity contribution < 1.29 is 13.5 Å². The Labute approximate surface area is 92.3 Å². The Morgan fingerprint density at radius 1 is 1.40 bits per heavy atom. The molecule has 5 heteroatoms. The van der Waals surface area contributed by atoms with Gasteiger partial charge in [0.05, 0.1) is 5.75 Å². The molecular weight excluding hydrogens is 214 g/mol. The molecule has 0 aromatic heterocycles. The maximum absolute atomic E-state index is 12.0. The van der Waals surface area contributed by atoms with Crippen molar-refractivity contribution in [3.05, 3.63) is 0 Å². The summed E-state index contributed by atoms with van der Waals surface area (Å²) in [6, 6.07) is 0.294. The van der Waals surface area contributed by atoms with Crippen LogP contribution in [0.2, 0.25) is 0 Å². The summed E-state index contributed by atoms with van der Waals surface area (Å²) < 4.78 is 25.6. The number of hydrogen-bond donors (Lipinski definition) is 1. The standard InChI is InChI=1S/C10H21NO3S/c1-3-10-6-5-9(2)11(10)15(13,14)8-4-7-12/h9-10,12H,3-8H2,1-2H3. The number of aliphatic hydroxyl groups is 1. The van der Waals surface area contributed by atoms with Crippen molar-refractivity contribution in [2.24, 2.45) is 0 Å². The van der Waals surface area contributed by atoms with Crippen molar-refractivity contribution in [2.75, 3.05) is 12.4 Å². The van der Waals surface area contributed by atoms with Crippen LogP contribution < -0.4 is 0 Å². The fourth-order valence-corrected chi connectivity index (χ4v) is 4.35. The molecule has 1 aliphatic rings. The Morgan fingerprint density at radius 2 is 2.07 bits per heavy atom. The third-order valence-electron chi connectivity index (χ3n) is 3.06. The Balaban J connectivity index is 2.75. The van der Waals surface area contributed by atoms with E-state index >= 15 is 0 Å². The van der Waals surface area contributed by atoms with E-state index in [1.165, 1.54) is 0 Å². The molecule has 0 aliphatic carbocycles. The van der Waals surface area contributed by atoms with E-state index in [2.05, 4.69) is 0 Å². The summed E-state index contributed by atoms with van der Waals surface area (Å²) in [5, 5.41) is 8.68. The summed E-state index contributed by atoms with van der Waals surface area (Å²) in [6.07, 6.45) is 3.14. The predicted octanol–water partition coefficient (Wildman–Crippen LogP) is 0.962. The minimum absolute atomic E-state index is 0.0573. The van der Waals surface area contributed by atoms with Crippen LogP contribution in [0.25, 0.3) is 0 Å². The van der Waals surface area contributed by atoms with Gasteiger partial charge in [-0.05, 0) is 32.6 Å². The molecule has 0 aromatic rings. The van der Waals surface area contributed by atoms with Gasteiger partial charge in [0, 0.05) is 18.7 Å². The van der Waals surface area contributed by atoms with Gasteiger partial charge in [0.1, 0.15) is 0 Å². The van der Waals surface area contributed by atoms with Crippen molar-refractivity contribution in [2.45, 2.75) is 51.6 Å². The maximum atomic E-state index is 12.0. The predicted molar refractivity (Wildman–Crippen MR) is 60.1 cm³/mol. The van der Waals surface area contributed by atoms with Crippen molar-refractivity contribution in [1.82, 2.24) is 4.31 Å². The molecule has 1 heterocycles. The number of hydrogen-bond acceptors (Lipinski definition) is 3. The molecule has 2 atom stereocenters. The van der Waals surface area contributed by atoms with E-state index in [1.807, 2.05) is 13.8 Å². The SMILES string of the molecule is CCC1CCC(C)N1S(=O)(=O)CCCO. The monoisotopic (exact) mass is 235 g/mol. The topological polar surface area (TPSA) is 57.6 Å². The molecule has 2 unspecified atom stereocenters. The highest BCUT2D eigenvalue weighted by Crippen LogP contribution is 2.29. The van der Waals surface area contributed by atoms with Gasteiger partial charge in [-0.15, -0.1) is 0 Å². The lowest BCUT2D eigenvalue weighted by Crippen LogP contribution is -2.41. The first-order chi connectivity index (χ1) is 7.03. The second-order valence-electron chi connectivity index (χ2n) is 4.21. The van der Waals surface area contributed by atoms with Gasteiger partial charge in [-0.1, -0.05) is 6.92 Å². The van der Waals surface area contributed by atoms with E-state index in [9.17, 15) is 8.42 Å². The van der Waals surface area contributed by atoms with Gasteiger partial charge < -0.3 is 5.11 Å². The van der Waals surface area contributed by atoms with Gasteiger partial charge in [0.2, 0.25) is 10.0 Å². The van der Waals surface area contributed by atoms with Crippen LogP contribution >= 0.6 is 0 Å². The van der Waals surface area contributed by atoms with Crippen LogP contribution in [0.4, 0.5) is 0 Å². The molecular formula is C10H21NO3S. The summed E-state index contributed by atoms with van der Waals surface area (Å²) in [5.74, 6) is 0.0737. The molecule has 0 aromatic carbocycles. The Morgan fingerprint density at radius 3 is 2.60 bits per heavy atom. The molecule has 1 N–H and O–H groups in total. The first-order valence-electron chi connectivity index (χ1n) is 5.65. The minimum atomic E-state index is -3.16. The van der Waals surface area contributed by atoms with Crippen molar-refractivity contribution in [3.63, 3.8) is 0 Å². The van der Waals surface area contributed by atoms with E-state index in [1.54, 1.807) is 4.31 Å². The van der Waals surface area contributed by atoms with Gasteiger partial charge in [-0.2, -0.15) is 4.31 Å². The third-order valence-corrected chi connectivity index (χ3v) is 5.17. The molecule has 15 heavy (non-hydrogen) atoms. The highest BCUT2D eigenvalue weighted by atomic mass is 32.2. The van der Waals surface area contributed by atoms with Crippen LogP contribution in [0.5, 0.6) is 0 Å². The van der Waals surface area contributed by atoms with Crippen molar-refractivity contribution in [3.8, 4) is 0 Å². The first-order valence-corrected chi connectivity index (χ1v) is 7.26. The minimum Gasteiger partial charge on any atom is -0.396 e. The van der Waals surface area contributed by atoms with Crippen LogP contribution in [-0.2, 0) is 10.0 Å². The zero-order valence-electron chi connectivity index (χ0n) is 9.52. The van der Waals surface area contributed by atoms with E-state index < -0.39 is 10.0 Å². The lowest BCUT2D eigenvalue weighted by molar-refractivity contribution is 0.290. The van der Waals surface area contributed by atoms with Crippen molar-refractivity contribution >= 4 is 10.0 Å². The molecule has 1 fully saturated rings. The number of aliphatic hydroxyl groups excluding tert-OH is 1. The third kappa shape index (κ3) is 2.92. The number of sulfonamides is 1. The fraction of sp³-hybridized carbons (Fsp3) is 1.00. The molecule has 0 radical (unpaired) electrons. The molecule has 0 spiro atoms. The summed E-state index contributed by atoms with van der Waals surface area (Å²) >= 11 is 0. The Hall–Kier alpha value is -0.130. The highest BCUT2D eigenvalue weighted by molar-refractivity contribution is 7.89. The lowest BCUT2D eigenvalue weighted by Gasteiger charge is -2.26. The van der Waals surface area contributed by atoms with Crippen LogP contribution in [0.3, 0.4) is 0 Å². The molecule has 1 saturated heterocycles. The van der Waals surface area contributed by atoms with E-state index in [-0.39, 0.29) is 24.4 Å². The lowest BCUT2D eigenvalue weighted by atomic mass is 10.2. The van der Waals surface area contributed by atoms with E-state index in [0.29, 0.717) is 6.42 Å². The van der Waals surface area contributed by atoms with E-state index in [0.717, 1.165) is 19.3 Å². The van der Waals surface area contributed by atoms with Crippen LogP contribution in [0.15, 0.2) is 0 Å². The Bertz CT molecular complexity index is 289. The van der Waals surface area contributed by atoms with Gasteiger partial charge >= 0.3 is 0 Å². The molecule has 1 rings (SSSR count). The second kappa shape index (κ2) is 5.27. The maximum Gasteiger partial charge on any atom is 0.214 e. The van der Waals surface area contributed by atoms with Crippen LogP contribution in [0.1, 0.15) is 39.5 Å². The molecule has 90 valence electrons. The summed E-state index contributed by atoms with van der Waals surface area (Å²) in [7, 11) is -3.16. The van der Waals surface area contributed by atoms with E-state index in [4.69, 9.17) is 5.11 Å². The fourth-order valence-electron chi connectivity index (χ4n) is 2.29. The molecule has 1 aliphatic heterocycles. The van der Waals surface area contributed by atoms with Crippen LogP contribution in [-0.4, -0.2) is 42.3 Å². The van der Waals surface area contributed by atoms with Crippen molar-refractivity contribution in [1.29, 1.82) is 0 Å². The average Bonchev–Trinajstić information content (AvgIpc) is 2.57. The largest absolute Gasteiger partial charge is 0.396 e. The molecule has 0 bridgehead atoms. The van der Waals surface area contributed by atoms with Crippen LogP contribution in [0, 0.1) is 0 Å². The Kier molecular flexibility index (Phi) is 4.55.